The molecule has 2 aliphatic rings. The predicted molar refractivity (Wildman–Crippen MR) is 71.4 cm³/mol. The summed E-state index contributed by atoms with van der Waals surface area (Å²) in [7, 11) is 0. The van der Waals surface area contributed by atoms with Gasteiger partial charge in [-0.25, -0.2) is 15.0 Å². The fraction of sp³-hybridized carbons (Fsp3) is 0.615. The summed E-state index contributed by atoms with van der Waals surface area (Å²) in [6.07, 6.45) is 10.2. The monoisotopic (exact) mass is 260 g/mol. The van der Waals surface area contributed by atoms with E-state index in [1.807, 2.05) is 0 Å². The standard InChI is InChI=1S/C13H16N4S/c1-2-4-9-8(3-1)7-10(16-9)12-17-11-13(18-12)15-6-5-14-11/h5-6,8-10,16H,1-4,7H2. The summed E-state index contributed by atoms with van der Waals surface area (Å²) < 4.78 is 0. The maximum Gasteiger partial charge on any atom is 0.189 e. The van der Waals surface area contributed by atoms with E-state index in [0.29, 0.717) is 6.04 Å². The zero-order valence-electron chi connectivity index (χ0n) is 10.2. The van der Waals surface area contributed by atoms with Gasteiger partial charge in [0.1, 0.15) is 5.01 Å². The molecule has 3 unspecified atom stereocenters. The summed E-state index contributed by atoms with van der Waals surface area (Å²) >= 11 is 1.69. The highest BCUT2D eigenvalue weighted by Gasteiger charge is 2.36. The highest BCUT2D eigenvalue weighted by atomic mass is 32.1. The number of nitrogens with one attached hydrogen (secondary N) is 1. The maximum absolute atomic E-state index is 4.64. The van der Waals surface area contributed by atoms with Gasteiger partial charge in [-0.15, -0.1) is 0 Å². The van der Waals surface area contributed by atoms with Crippen LogP contribution in [0.2, 0.25) is 0 Å². The number of fused-ring (bicyclic) bond motifs is 2. The molecule has 2 aromatic rings. The lowest BCUT2D eigenvalue weighted by atomic mass is 9.85. The third kappa shape index (κ3) is 1.73. The van der Waals surface area contributed by atoms with Crippen LogP contribution in [0.25, 0.3) is 10.5 Å². The first-order chi connectivity index (χ1) is 8.90. The van der Waals surface area contributed by atoms with Crippen LogP contribution >= 0.6 is 11.3 Å². The number of hydrogen-bond acceptors (Lipinski definition) is 5. The molecule has 3 atom stereocenters. The lowest BCUT2D eigenvalue weighted by Crippen LogP contribution is -2.30. The van der Waals surface area contributed by atoms with Crippen LogP contribution in [0, 0.1) is 5.92 Å². The minimum Gasteiger partial charge on any atom is -0.305 e. The Morgan fingerprint density at radius 3 is 2.94 bits per heavy atom. The van der Waals surface area contributed by atoms with Gasteiger partial charge in [0.15, 0.2) is 10.5 Å². The van der Waals surface area contributed by atoms with Crippen molar-refractivity contribution in [3.05, 3.63) is 17.4 Å². The van der Waals surface area contributed by atoms with Gasteiger partial charge in [0.25, 0.3) is 0 Å². The molecule has 0 radical (unpaired) electrons. The fourth-order valence-electron chi connectivity index (χ4n) is 3.35. The van der Waals surface area contributed by atoms with Gasteiger partial charge in [0.05, 0.1) is 6.04 Å². The van der Waals surface area contributed by atoms with Gasteiger partial charge in [0.2, 0.25) is 0 Å². The van der Waals surface area contributed by atoms with Crippen molar-refractivity contribution in [2.24, 2.45) is 5.92 Å². The van der Waals surface area contributed by atoms with Gasteiger partial charge in [0, 0.05) is 18.4 Å². The Balaban J connectivity index is 1.63. The molecule has 1 N–H and O–H groups in total. The smallest absolute Gasteiger partial charge is 0.189 e. The van der Waals surface area contributed by atoms with Crippen molar-refractivity contribution < 1.29 is 0 Å². The molecule has 5 heteroatoms. The van der Waals surface area contributed by atoms with Crippen molar-refractivity contribution in [3.63, 3.8) is 0 Å². The second-order valence-electron chi connectivity index (χ2n) is 5.34. The molecule has 4 rings (SSSR count). The SMILES string of the molecule is c1cnc2sc(C3CC4CCCCC4N3)nc2n1. The van der Waals surface area contributed by atoms with Crippen LogP contribution in [0.15, 0.2) is 12.4 Å². The third-order valence-corrected chi connectivity index (χ3v) is 5.29. The Kier molecular flexibility index (Phi) is 2.55. The van der Waals surface area contributed by atoms with E-state index in [0.717, 1.165) is 22.4 Å². The third-order valence-electron chi connectivity index (χ3n) is 4.22. The lowest BCUT2D eigenvalue weighted by Gasteiger charge is -2.24. The second kappa shape index (κ2) is 4.24. The molecule has 1 aliphatic carbocycles. The van der Waals surface area contributed by atoms with Gasteiger partial charge < -0.3 is 5.32 Å². The molecule has 18 heavy (non-hydrogen) atoms. The minimum atomic E-state index is 0.430. The zero-order chi connectivity index (χ0) is 11.9. The van der Waals surface area contributed by atoms with E-state index in [2.05, 4.69) is 20.3 Å². The summed E-state index contributed by atoms with van der Waals surface area (Å²) in [5, 5.41) is 4.93. The quantitative estimate of drug-likeness (QED) is 0.856. The van der Waals surface area contributed by atoms with Gasteiger partial charge >= 0.3 is 0 Å². The lowest BCUT2D eigenvalue weighted by molar-refractivity contribution is 0.325. The molecule has 3 heterocycles. The summed E-state index contributed by atoms with van der Waals surface area (Å²) in [5.41, 5.74) is 0.800. The fourth-order valence-corrected chi connectivity index (χ4v) is 4.29. The first-order valence-corrected chi connectivity index (χ1v) is 7.55. The van der Waals surface area contributed by atoms with E-state index in [1.54, 1.807) is 23.7 Å². The van der Waals surface area contributed by atoms with Crippen molar-refractivity contribution in [3.8, 4) is 0 Å². The summed E-state index contributed by atoms with van der Waals surface area (Å²) in [4.78, 5) is 14.2. The second-order valence-corrected chi connectivity index (χ2v) is 6.35. The molecule has 1 saturated carbocycles. The minimum absolute atomic E-state index is 0.430. The molecule has 0 aromatic carbocycles. The van der Waals surface area contributed by atoms with Crippen molar-refractivity contribution >= 4 is 21.8 Å². The molecule has 0 amide bonds. The summed E-state index contributed by atoms with van der Waals surface area (Å²) in [6.45, 7) is 0. The van der Waals surface area contributed by atoms with E-state index in [9.17, 15) is 0 Å². The number of hydrogen-bond donors (Lipinski definition) is 1. The molecule has 2 fully saturated rings. The number of nitrogens with zero attached hydrogens (tertiary/aromatic N) is 3. The normalized spacial score (nSPS) is 31.7. The van der Waals surface area contributed by atoms with Crippen molar-refractivity contribution in [2.45, 2.75) is 44.2 Å². The van der Waals surface area contributed by atoms with E-state index in [-0.39, 0.29) is 0 Å². The van der Waals surface area contributed by atoms with Crippen LogP contribution in [0.4, 0.5) is 0 Å². The molecule has 0 bridgehead atoms. The first-order valence-electron chi connectivity index (χ1n) is 6.73. The van der Waals surface area contributed by atoms with E-state index < -0.39 is 0 Å². The van der Waals surface area contributed by atoms with Gasteiger partial charge in [-0.2, -0.15) is 0 Å². The highest BCUT2D eigenvalue weighted by Crippen LogP contribution is 2.40. The molecule has 4 nitrogen and oxygen atoms in total. The van der Waals surface area contributed by atoms with E-state index in [4.69, 9.17) is 0 Å². The first kappa shape index (κ1) is 10.8. The average Bonchev–Trinajstić information content (AvgIpc) is 3.02. The average molecular weight is 260 g/mol. The zero-order valence-corrected chi connectivity index (χ0v) is 11.0. The Morgan fingerprint density at radius 2 is 2.06 bits per heavy atom. The van der Waals surface area contributed by atoms with E-state index >= 15 is 0 Å². The van der Waals surface area contributed by atoms with Crippen molar-refractivity contribution in [1.82, 2.24) is 20.3 Å². The Morgan fingerprint density at radius 1 is 1.17 bits per heavy atom. The van der Waals surface area contributed by atoms with Crippen LogP contribution in [-0.2, 0) is 0 Å². The molecular formula is C13H16N4S. The summed E-state index contributed by atoms with van der Waals surface area (Å²) in [5.74, 6) is 0.858. The van der Waals surface area contributed by atoms with Crippen molar-refractivity contribution in [2.75, 3.05) is 0 Å². The Hall–Kier alpha value is -1.07. The molecular weight excluding hydrogens is 244 g/mol. The van der Waals surface area contributed by atoms with Gasteiger partial charge in [-0.05, 0) is 25.2 Å². The topological polar surface area (TPSA) is 50.7 Å². The van der Waals surface area contributed by atoms with E-state index in [1.165, 1.54) is 37.1 Å². The molecule has 1 aliphatic heterocycles. The van der Waals surface area contributed by atoms with Crippen LogP contribution < -0.4 is 5.32 Å². The molecule has 1 saturated heterocycles. The molecule has 94 valence electrons. The number of aromatic nitrogens is 3. The Labute approximate surface area is 110 Å². The summed E-state index contributed by atoms with van der Waals surface area (Å²) in [6, 6.07) is 1.15. The van der Waals surface area contributed by atoms with Crippen LogP contribution in [0.5, 0.6) is 0 Å². The van der Waals surface area contributed by atoms with Gasteiger partial charge in [-0.1, -0.05) is 24.2 Å². The predicted octanol–water partition coefficient (Wildman–Crippen LogP) is 2.68. The van der Waals surface area contributed by atoms with Crippen LogP contribution in [-0.4, -0.2) is 21.0 Å². The maximum atomic E-state index is 4.64. The van der Waals surface area contributed by atoms with Crippen LogP contribution in [0.3, 0.4) is 0 Å². The van der Waals surface area contributed by atoms with Gasteiger partial charge in [-0.3, -0.25) is 0 Å². The molecule has 2 aromatic heterocycles. The molecule has 0 spiro atoms. The largest absolute Gasteiger partial charge is 0.305 e. The van der Waals surface area contributed by atoms with Crippen molar-refractivity contribution in [1.29, 1.82) is 0 Å². The number of thiazole rings is 1. The Bertz CT molecular complexity index is 520. The number of rotatable bonds is 1. The van der Waals surface area contributed by atoms with Crippen LogP contribution in [0.1, 0.15) is 43.2 Å². The highest BCUT2D eigenvalue weighted by molar-refractivity contribution is 7.18.